The molecule has 3 aromatic heterocycles. The topological polar surface area (TPSA) is 59.4 Å². The SMILES string of the molecule is N#Cc1c(-n2c3ccc(-c4ccccc4)cc3c3cc(-c4ccccc4)ccc32)cc(-c2cc(-c3ccccc3)nc(-c3ccccc3)n2)cc1-n1c2ccc(-c3ccccc3)cc2c2cc(-c3ccccc3)ccc21. The van der Waals surface area contributed by atoms with Gasteiger partial charge in [-0.25, -0.2) is 9.97 Å². The van der Waals surface area contributed by atoms with Gasteiger partial charge >= 0.3 is 0 Å². The first-order valence-electron chi connectivity index (χ1n) is 25.6. The molecule has 0 saturated heterocycles. The molecule has 14 rings (SSSR count). The van der Waals surface area contributed by atoms with Crippen molar-refractivity contribution in [3.8, 4) is 95.9 Å². The number of hydrogen-bond donors (Lipinski definition) is 0. The van der Waals surface area contributed by atoms with Gasteiger partial charge in [-0.3, -0.25) is 0 Å². The molecule has 354 valence electrons. The van der Waals surface area contributed by atoms with Crippen LogP contribution in [0.1, 0.15) is 5.56 Å². The Hall–Kier alpha value is -10.4. The smallest absolute Gasteiger partial charge is 0.160 e. The molecule has 0 saturated carbocycles. The minimum absolute atomic E-state index is 0.528. The van der Waals surface area contributed by atoms with Crippen LogP contribution in [0.2, 0.25) is 0 Å². The fourth-order valence-electron chi connectivity index (χ4n) is 11.1. The molecule has 0 fully saturated rings. The third kappa shape index (κ3) is 7.72. The molecule has 0 spiro atoms. The third-order valence-corrected chi connectivity index (χ3v) is 14.8. The molecular formula is C71H45N5. The van der Waals surface area contributed by atoms with E-state index in [0.717, 1.165) is 128 Å². The van der Waals surface area contributed by atoms with Gasteiger partial charge in [-0.1, -0.05) is 206 Å². The van der Waals surface area contributed by atoms with E-state index in [0.29, 0.717) is 11.4 Å². The second-order valence-electron chi connectivity index (χ2n) is 19.3. The zero-order chi connectivity index (χ0) is 50.5. The van der Waals surface area contributed by atoms with Crippen LogP contribution in [0.5, 0.6) is 0 Å². The Morgan fingerprint density at radius 1 is 0.263 bits per heavy atom. The molecule has 0 N–H and O–H groups in total. The van der Waals surface area contributed by atoms with Crippen molar-refractivity contribution in [2.75, 3.05) is 0 Å². The minimum Gasteiger partial charge on any atom is -0.308 e. The normalized spacial score (nSPS) is 11.4. The van der Waals surface area contributed by atoms with Gasteiger partial charge in [0.15, 0.2) is 5.82 Å². The maximum atomic E-state index is 12.0. The summed E-state index contributed by atoms with van der Waals surface area (Å²) in [5.74, 6) is 0.613. The van der Waals surface area contributed by atoms with E-state index in [4.69, 9.17) is 9.97 Å². The summed E-state index contributed by atoms with van der Waals surface area (Å²) in [7, 11) is 0. The molecule has 0 aliphatic rings. The summed E-state index contributed by atoms with van der Waals surface area (Å²) in [6.07, 6.45) is 0. The molecule has 0 amide bonds. The average molecular weight is 968 g/mol. The highest BCUT2D eigenvalue weighted by Gasteiger charge is 2.25. The summed E-state index contributed by atoms with van der Waals surface area (Å²) in [4.78, 5) is 10.6. The summed E-state index contributed by atoms with van der Waals surface area (Å²) >= 11 is 0. The number of hydrogen-bond acceptors (Lipinski definition) is 3. The van der Waals surface area contributed by atoms with Crippen LogP contribution in [0.15, 0.2) is 273 Å². The zero-order valence-electron chi connectivity index (χ0n) is 41.2. The summed E-state index contributed by atoms with van der Waals surface area (Å²) < 4.78 is 4.60. The van der Waals surface area contributed by atoms with E-state index < -0.39 is 0 Å². The van der Waals surface area contributed by atoms with E-state index in [9.17, 15) is 5.26 Å². The number of fused-ring (bicyclic) bond motifs is 6. The lowest BCUT2D eigenvalue weighted by Gasteiger charge is -2.19. The van der Waals surface area contributed by atoms with Crippen molar-refractivity contribution in [1.29, 1.82) is 5.26 Å². The monoisotopic (exact) mass is 967 g/mol. The predicted molar refractivity (Wildman–Crippen MR) is 313 cm³/mol. The molecule has 14 aromatic rings. The van der Waals surface area contributed by atoms with Gasteiger partial charge in [-0.05, 0) is 111 Å². The summed E-state index contributed by atoms with van der Waals surface area (Å²) in [5.41, 5.74) is 19.2. The van der Waals surface area contributed by atoms with E-state index in [1.165, 1.54) is 0 Å². The summed E-state index contributed by atoms with van der Waals surface area (Å²) in [6, 6.07) is 98.8. The quantitative estimate of drug-likeness (QED) is 0.145. The molecule has 11 aromatic carbocycles. The number of aromatic nitrogens is 4. The first kappa shape index (κ1) is 44.3. The molecule has 0 atom stereocenters. The third-order valence-electron chi connectivity index (χ3n) is 14.8. The van der Waals surface area contributed by atoms with Gasteiger partial charge in [0.2, 0.25) is 0 Å². The Morgan fingerprint density at radius 2 is 0.553 bits per heavy atom. The van der Waals surface area contributed by atoms with Crippen LogP contribution < -0.4 is 0 Å². The average Bonchev–Trinajstić information content (AvgIpc) is 4.10. The number of nitrogens with zero attached hydrogens (tertiary/aromatic N) is 5. The van der Waals surface area contributed by atoms with Crippen molar-refractivity contribution >= 4 is 43.6 Å². The van der Waals surface area contributed by atoms with E-state index in [2.05, 4.69) is 252 Å². The van der Waals surface area contributed by atoms with E-state index >= 15 is 0 Å². The highest BCUT2D eigenvalue weighted by molar-refractivity contribution is 6.14. The Bertz CT molecular complexity index is 4070. The van der Waals surface area contributed by atoms with Crippen LogP contribution in [0.25, 0.3) is 133 Å². The van der Waals surface area contributed by atoms with Gasteiger partial charge < -0.3 is 9.13 Å². The van der Waals surface area contributed by atoms with Gasteiger partial charge in [0.1, 0.15) is 11.6 Å². The first-order chi connectivity index (χ1) is 37.6. The molecular weight excluding hydrogens is 923 g/mol. The van der Waals surface area contributed by atoms with Crippen LogP contribution in [-0.2, 0) is 0 Å². The van der Waals surface area contributed by atoms with Crippen LogP contribution in [0, 0.1) is 11.3 Å². The Labute approximate surface area is 440 Å². The molecule has 0 aliphatic carbocycles. The van der Waals surface area contributed by atoms with Gasteiger partial charge in [0.05, 0.1) is 44.8 Å². The van der Waals surface area contributed by atoms with Gasteiger partial charge in [-0.15, -0.1) is 0 Å². The van der Waals surface area contributed by atoms with Crippen LogP contribution in [0.4, 0.5) is 0 Å². The van der Waals surface area contributed by atoms with E-state index in [-0.39, 0.29) is 0 Å². The minimum atomic E-state index is 0.528. The molecule has 5 nitrogen and oxygen atoms in total. The van der Waals surface area contributed by atoms with E-state index in [1.807, 2.05) is 36.4 Å². The molecule has 0 radical (unpaired) electrons. The summed E-state index contributed by atoms with van der Waals surface area (Å²) in [6.45, 7) is 0. The van der Waals surface area contributed by atoms with Gasteiger partial charge in [-0.2, -0.15) is 5.26 Å². The largest absolute Gasteiger partial charge is 0.308 e. The lowest BCUT2D eigenvalue weighted by molar-refractivity contribution is 1.11. The zero-order valence-corrected chi connectivity index (χ0v) is 41.2. The number of rotatable bonds is 9. The van der Waals surface area contributed by atoms with Crippen molar-refractivity contribution in [1.82, 2.24) is 19.1 Å². The maximum Gasteiger partial charge on any atom is 0.160 e. The lowest BCUT2D eigenvalue weighted by atomic mass is 10.0. The fraction of sp³-hybridized carbons (Fsp3) is 0. The van der Waals surface area contributed by atoms with Crippen LogP contribution >= 0.6 is 0 Å². The van der Waals surface area contributed by atoms with Crippen molar-refractivity contribution in [2.45, 2.75) is 0 Å². The molecule has 0 bridgehead atoms. The Morgan fingerprint density at radius 3 is 0.868 bits per heavy atom. The lowest BCUT2D eigenvalue weighted by Crippen LogP contribution is -2.06. The fourth-order valence-corrected chi connectivity index (χ4v) is 11.1. The second-order valence-corrected chi connectivity index (χ2v) is 19.3. The standard InChI is InChI=1S/C71H45N5/c72-46-62-69(75-65-35-31-53(47-19-7-1-8-20-47)39-58(65)59-40-54(32-36-66(59)75)48-21-9-2-10-22-48)43-57(64-45-63(51-27-15-5-16-28-51)73-71(74-64)52-29-17-6-18-30-52)44-70(62)76-67-37-33-55(49-23-11-3-12-24-49)41-60(67)61-42-56(34-38-68(61)76)50-25-13-4-14-26-50/h1-45H. The Kier molecular flexibility index (Phi) is 10.8. The van der Waals surface area contributed by atoms with Gasteiger partial charge in [0, 0.05) is 38.2 Å². The molecule has 76 heavy (non-hydrogen) atoms. The predicted octanol–water partition coefficient (Wildman–Crippen LogP) is 18.2. The van der Waals surface area contributed by atoms with Gasteiger partial charge in [0.25, 0.3) is 0 Å². The van der Waals surface area contributed by atoms with E-state index in [1.54, 1.807) is 0 Å². The summed E-state index contributed by atoms with van der Waals surface area (Å²) in [5, 5.41) is 16.3. The van der Waals surface area contributed by atoms with Crippen molar-refractivity contribution in [3.63, 3.8) is 0 Å². The van der Waals surface area contributed by atoms with Crippen LogP contribution in [0.3, 0.4) is 0 Å². The molecule has 0 unspecified atom stereocenters. The highest BCUT2D eigenvalue weighted by Crippen LogP contribution is 2.44. The maximum absolute atomic E-state index is 12.0. The molecule has 5 heteroatoms. The van der Waals surface area contributed by atoms with Crippen LogP contribution in [-0.4, -0.2) is 19.1 Å². The van der Waals surface area contributed by atoms with Crippen molar-refractivity contribution < 1.29 is 0 Å². The van der Waals surface area contributed by atoms with Crippen molar-refractivity contribution in [3.05, 3.63) is 279 Å². The number of benzene rings is 11. The molecule has 0 aliphatic heterocycles. The molecule has 3 heterocycles. The number of nitriles is 1. The first-order valence-corrected chi connectivity index (χ1v) is 25.6. The Balaban J connectivity index is 1.10. The second kappa shape index (κ2) is 18.6. The van der Waals surface area contributed by atoms with Crippen molar-refractivity contribution in [2.24, 2.45) is 0 Å². The highest BCUT2D eigenvalue weighted by atomic mass is 15.0.